The number of rotatable bonds is 3. The number of amides is 1. The fourth-order valence-electron chi connectivity index (χ4n) is 1.44. The molecule has 1 aromatic heterocycles. The Morgan fingerprint density at radius 2 is 2.00 bits per heavy atom. The van der Waals surface area contributed by atoms with Gasteiger partial charge in [-0.05, 0) is 29.6 Å². The Labute approximate surface area is 104 Å². The zero-order valence-electron chi connectivity index (χ0n) is 9.68. The molecule has 0 aliphatic heterocycles. The molecule has 4 nitrogen and oxygen atoms in total. The van der Waals surface area contributed by atoms with Crippen LogP contribution < -0.4 is 5.32 Å². The van der Waals surface area contributed by atoms with E-state index in [1.54, 1.807) is 0 Å². The highest BCUT2D eigenvalue weighted by Crippen LogP contribution is 2.20. The molecule has 0 aliphatic rings. The first-order valence-electron chi connectivity index (χ1n) is 5.37. The second-order valence-corrected chi connectivity index (χ2v) is 4.72. The maximum absolute atomic E-state index is 12.0. The summed E-state index contributed by atoms with van der Waals surface area (Å²) >= 11 is 1.13. The molecular weight excluding hydrogens is 234 g/mol. The van der Waals surface area contributed by atoms with Crippen molar-refractivity contribution in [2.24, 2.45) is 0 Å². The predicted molar refractivity (Wildman–Crippen MR) is 68.4 cm³/mol. The molecule has 0 aliphatic carbocycles. The fourth-order valence-corrected chi connectivity index (χ4v) is 2.16. The summed E-state index contributed by atoms with van der Waals surface area (Å²) in [6, 6.07) is 9.36. The van der Waals surface area contributed by atoms with Gasteiger partial charge in [0.25, 0.3) is 5.91 Å². The molecule has 0 saturated carbocycles. The largest absolute Gasteiger partial charge is 0.321 e. The zero-order chi connectivity index (χ0) is 12.3. The van der Waals surface area contributed by atoms with Crippen LogP contribution in [0.5, 0.6) is 0 Å². The molecule has 0 unspecified atom stereocenters. The van der Waals surface area contributed by atoms with Crippen LogP contribution in [0.4, 0.5) is 5.69 Å². The number of nitrogens with one attached hydrogen (secondary N) is 1. The van der Waals surface area contributed by atoms with Crippen molar-refractivity contribution in [3.63, 3.8) is 0 Å². The maximum Gasteiger partial charge on any atom is 0.269 e. The number of nitrogens with zero attached hydrogens (tertiary/aromatic N) is 2. The highest BCUT2D eigenvalue weighted by molar-refractivity contribution is 7.08. The average Bonchev–Trinajstić information content (AvgIpc) is 2.79. The van der Waals surface area contributed by atoms with E-state index in [4.69, 9.17) is 0 Å². The van der Waals surface area contributed by atoms with E-state index in [0.29, 0.717) is 4.88 Å². The first kappa shape index (κ1) is 11.7. The Hall–Kier alpha value is -1.75. The molecule has 17 heavy (non-hydrogen) atoms. The maximum atomic E-state index is 12.0. The molecule has 1 N–H and O–H groups in total. The summed E-state index contributed by atoms with van der Waals surface area (Å²) in [7, 11) is 0. The van der Waals surface area contributed by atoms with Gasteiger partial charge in [0, 0.05) is 5.69 Å². The first-order chi connectivity index (χ1) is 8.18. The molecule has 88 valence electrons. The van der Waals surface area contributed by atoms with Crippen molar-refractivity contribution >= 4 is 23.1 Å². The number of benzene rings is 1. The number of hydrogen-bond acceptors (Lipinski definition) is 4. The molecular formula is C12H13N3OS. The summed E-state index contributed by atoms with van der Waals surface area (Å²) in [6.45, 7) is 3.99. The van der Waals surface area contributed by atoms with Crippen LogP contribution in [-0.4, -0.2) is 15.5 Å². The topological polar surface area (TPSA) is 54.9 Å². The molecule has 1 aromatic carbocycles. The Balaban J connectivity index is 2.18. The van der Waals surface area contributed by atoms with Crippen LogP contribution in [0.15, 0.2) is 30.3 Å². The second-order valence-electron chi connectivity index (χ2n) is 3.96. The Bertz CT molecular complexity index is 507. The van der Waals surface area contributed by atoms with Gasteiger partial charge in [-0.25, -0.2) is 0 Å². The van der Waals surface area contributed by atoms with Crippen LogP contribution in [0, 0.1) is 0 Å². The van der Waals surface area contributed by atoms with E-state index in [1.807, 2.05) is 44.2 Å². The number of para-hydroxylation sites is 1. The predicted octanol–water partition coefficient (Wildman–Crippen LogP) is 2.91. The van der Waals surface area contributed by atoms with Gasteiger partial charge < -0.3 is 5.32 Å². The van der Waals surface area contributed by atoms with E-state index in [1.165, 1.54) is 0 Å². The molecule has 1 heterocycles. The third kappa shape index (κ3) is 2.68. The van der Waals surface area contributed by atoms with Crippen LogP contribution in [0.1, 0.15) is 35.1 Å². The first-order valence-corrected chi connectivity index (χ1v) is 6.14. The van der Waals surface area contributed by atoms with Gasteiger partial charge in [0.15, 0.2) is 0 Å². The van der Waals surface area contributed by atoms with Crippen molar-refractivity contribution in [1.29, 1.82) is 0 Å². The minimum Gasteiger partial charge on any atom is -0.321 e. The number of carbonyl (C=O) groups is 1. The van der Waals surface area contributed by atoms with Gasteiger partial charge in [-0.15, -0.1) is 5.10 Å². The van der Waals surface area contributed by atoms with Crippen LogP contribution in [0.25, 0.3) is 0 Å². The van der Waals surface area contributed by atoms with E-state index in [2.05, 4.69) is 14.9 Å². The molecule has 2 rings (SSSR count). The molecule has 2 aromatic rings. The van der Waals surface area contributed by atoms with Gasteiger partial charge in [0.05, 0.1) is 5.69 Å². The van der Waals surface area contributed by atoms with E-state index >= 15 is 0 Å². The number of carbonyl (C=O) groups excluding carboxylic acids is 1. The summed E-state index contributed by atoms with van der Waals surface area (Å²) in [5.74, 6) is 0.0557. The smallest absolute Gasteiger partial charge is 0.269 e. The summed E-state index contributed by atoms with van der Waals surface area (Å²) in [5, 5.41) is 6.82. The Morgan fingerprint density at radius 1 is 1.29 bits per heavy atom. The Morgan fingerprint density at radius 3 is 2.65 bits per heavy atom. The summed E-state index contributed by atoms with van der Waals surface area (Å²) in [5.41, 5.74) is 1.53. The number of anilines is 1. The van der Waals surface area contributed by atoms with Crippen molar-refractivity contribution < 1.29 is 4.79 Å². The SMILES string of the molecule is CC(C)c1nnsc1C(=O)Nc1ccccc1. The van der Waals surface area contributed by atoms with Crippen molar-refractivity contribution in [2.45, 2.75) is 19.8 Å². The molecule has 0 spiro atoms. The number of hydrogen-bond donors (Lipinski definition) is 1. The van der Waals surface area contributed by atoms with Crippen molar-refractivity contribution in [3.05, 3.63) is 40.9 Å². The minimum absolute atomic E-state index is 0.144. The molecule has 0 fully saturated rings. The van der Waals surface area contributed by atoms with Gasteiger partial charge in [0.1, 0.15) is 4.88 Å². The van der Waals surface area contributed by atoms with Crippen molar-refractivity contribution in [2.75, 3.05) is 5.32 Å². The van der Waals surface area contributed by atoms with Gasteiger partial charge in [-0.3, -0.25) is 4.79 Å². The molecule has 0 atom stereocenters. The molecule has 0 radical (unpaired) electrons. The zero-order valence-corrected chi connectivity index (χ0v) is 10.5. The van der Waals surface area contributed by atoms with Crippen LogP contribution in [0.2, 0.25) is 0 Å². The summed E-state index contributed by atoms with van der Waals surface area (Å²) < 4.78 is 3.84. The van der Waals surface area contributed by atoms with E-state index < -0.39 is 0 Å². The standard InChI is InChI=1S/C12H13N3OS/c1-8(2)10-11(17-15-14-10)12(16)13-9-6-4-3-5-7-9/h3-8H,1-2H3,(H,13,16). The summed E-state index contributed by atoms with van der Waals surface area (Å²) in [4.78, 5) is 12.6. The van der Waals surface area contributed by atoms with Crippen molar-refractivity contribution in [3.8, 4) is 0 Å². The van der Waals surface area contributed by atoms with Gasteiger partial charge in [0.2, 0.25) is 0 Å². The van der Waals surface area contributed by atoms with Gasteiger partial charge >= 0.3 is 0 Å². The molecule has 5 heteroatoms. The van der Waals surface area contributed by atoms with Crippen LogP contribution >= 0.6 is 11.5 Å². The molecule has 1 amide bonds. The average molecular weight is 247 g/mol. The fraction of sp³-hybridized carbons (Fsp3) is 0.250. The Kier molecular flexibility index (Phi) is 3.49. The lowest BCUT2D eigenvalue weighted by atomic mass is 10.1. The highest BCUT2D eigenvalue weighted by Gasteiger charge is 2.18. The van der Waals surface area contributed by atoms with Gasteiger partial charge in [-0.1, -0.05) is 36.5 Å². The van der Waals surface area contributed by atoms with E-state index in [0.717, 1.165) is 22.9 Å². The lowest BCUT2D eigenvalue weighted by Crippen LogP contribution is -2.12. The van der Waals surface area contributed by atoms with E-state index in [9.17, 15) is 4.79 Å². The van der Waals surface area contributed by atoms with Gasteiger partial charge in [-0.2, -0.15) is 0 Å². The molecule has 0 saturated heterocycles. The van der Waals surface area contributed by atoms with Crippen molar-refractivity contribution in [1.82, 2.24) is 9.59 Å². The normalized spacial score (nSPS) is 10.5. The van der Waals surface area contributed by atoms with E-state index in [-0.39, 0.29) is 11.8 Å². The lowest BCUT2D eigenvalue weighted by Gasteiger charge is -2.05. The second kappa shape index (κ2) is 5.05. The lowest BCUT2D eigenvalue weighted by molar-refractivity contribution is 0.102. The van der Waals surface area contributed by atoms with Crippen LogP contribution in [-0.2, 0) is 0 Å². The third-order valence-electron chi connectivity index (χ3n) is 2.30. The quantitative estimate of drug-likeness (QED) is 0.907. The molecule has 0 bridgehead atoms. The monoisotopic (exact) mass is 247 g/mol. The summed E-state index contributed by atoms with van der Waals surface area (Å²) in [6.07, 6.45) is 0. The van der Waals surface area contributed by atoms with Crippen LogP contribution in [0.3, 0.4) is 0 Å². The highest BCUT2D eigenvalue weighted by atomic mass is 32.1. The third-order valence-corrected chi connectivity index (χ3v) is 3.04. The number of aromatic nitrogens is 2. The minimum atomic E-state index is -0.144.